The van der Waals surface area contributed by atoms with E-state index in [0.29, 0.717) is 12.4 Å². The van der Waals surface area contributed by atoms with E-state index in [1.165, 1.54) is 0 Å². The van der Waals surface area contributed by atoms with Gasteiger partial charge in [-0.3, -0.25) is 4.79 Å². The number of aromatic nitrogens is 2. The number of amides is 1. The number of nitrogens with zero attached hydrogens (tertiary/aromatic N) is 2. The summed E-state index contributed by atoms with van der Waals surface area (Å²) >= 11 is 0. The van der Waals surface area contributed by atoms with Crippen molar-refractivity contribution >= 4 is 5.91 Å². The molecule has 6 nitrogen and oxygen atoms in total. The fraction of sp³-hybridized carbons (Fsp3) is 0.733. The highest BCUT2D eigenvalue weighted by atomic mass is 16.5. The van der Waals surface area contributed by atoms with Gasteiger partial charge in [0, 0.05) is 13.6 Å². The topological polar surface area (TPSA) is 76.4 Å². The van der Waals surface area contributed by atoms with E-state index in [0.717, 1.165) is 43.4 Å². The Morgan fingerprint density at radius 3 is 2.71 bits per heavy atom. The van der Waals surface area contributed by atoms with Crippen LogP contribution in [-0.4, -0.2) is 33.5 Å². The number of hydrogen-bond donors (Lipinski definition) is 2. The lowest BCUT2D eigenvalue weighted by molar-refractivity contribution is -0.126. The molecular weight excluding hydrogens is 270 g/mol. The zero-order valence-corrected chi connectivity index (χ0v) is 13.1. The number of rotatable bonds is 6. The molecule has 21 heavy (non-hydrogen) atoms. The lowest BCUT2D eigenvalue weighted by Crippen LogP contribution is -2.34. The van der Waals surface area contributed by atoms with Gasteiger partial charge in [0.2, 0.25) is 11.8 Å². The standard InChI is InChI=1S/C15H25N3O3/c1-4-12-11(14(21-3)18(2)17-12)10-16-13(19)9-15(20)7-5-6-8-15/h20H,4-10H2,1-3H3,(H,16,19). The van der Waals surface area contributed by atoms with Crippen LogP contribution in [0.5, 0.6) is 5.88 Å². The quantitative estimate of drug-likeness (QED) is 0.829. The third-order valence-corrected chi connectivity index (χ3v) is 4.19. The number of methoxy groups -OCH3 is 1. The van der Waals surface area contributed by atoms with E-state index < -0.39 is 5.60 Å². The number of carbonyl (C=O) groups excluding carboxylic acids is 1. The van der Waals surface area contributed by atoms with Crippen LogP contribution in [0.4, 0.5) is 0 Å². The summed E-state index contributed by atoms with van der Waals surface area (Å²) in [6.45, 7) is 2.41. The Labute approximate surface area is 125 Å². The first-order valence-corrected chi connectivity index (χ1v) is 7.57. The molecule has 2 rings (SSSR count). The molecule has 0 aromatic carbocycles. The minimum atomic E-state index is -0.809. The van der Waals surface area contributed by atoms with Crippen LogP contribution >= 0.6 is 0 Å². The maximum atomic E-state index is 12.0. The normalized spacial score (nSPS) is 17.0. The zero-order chi connectivity index (χ0) is 15.5. The Kier molecular flexibility index (Phi) is 4.88. The van der Waals surface area contributed by atoms with E-state index in [-0.39, 0.29) is 12.3 Å². The summed E-state index contributed by atoms with van der Waals surface area (Å²) in [6, 6.07) is 0. The largest absolute Gasteiger partial charge is 0.481 e. The average Bonchev–Trinajstić information content (AvgIpc) is 2.99. The average molecular weight is 295 g/mol. The second-order valence-corrected chi connectivity index (χ2v) is 5.80. The highest BCUT2D eigenvalue weighted by Crippen LogP contribution is 2.32. The van der Waals surface area contributed by atoms with Gasteiger partial charge < -0.3 is 15.2 Å². The molecule has 118 valence electrons. The molecule has 1 heterocycles. The summed E-state index contributed by atoms with van der Waals surface area (Å²) in [5, 5.41) is 17.5. The Balaban J connectivity index is 1.97. The molecule has 1 aliphatic carbocycles. The van der Waals surface area contributed by atoms with Gasteiger partial charge in [0.1, 0.15) is 0 Å². The van der Waals surface area contributed by atoms with E-state index in [4.69, 9.17) is 4.74 Å². The van der Waals surface area contributed by atoms with Gasteiger partial charge in [-0.05, 0) is 19.3 Å². The van der Waals surface area contributed by atoms with Gasteiger partial charge in [-0.15, -0.1) is 0 Å². The summed E-state index contributed by atoms with van der Waals surface area (Å²) in [5.41, 5.74) is 1.03. The van der Waals surface area contributed by atoms with Crippen LogP contribution in [0, 0.1) is 0 Å². The molecule has 1 aliphatic rings. The molecule has 2 N–H and O–H groups in total. The molecule has 0 spiro atoms. The summed E-state index contributed by atoms with van der Waals surface area (Å²) in [6.07, 6.45) is 4.40. The fourth-order valence-electron chi connectivity index (χ4n) is 3.08. The second-order valence-electron chi connectivity index (χ2n) is 5.80. The molecule has 1 amide bonds. The van der Waals surface area contributed by atoms with E-state index in [2.05, 4.69) is 10.4 Å². The van der Waals surface area contributed by atoms with E-state index in [1.54, 1.807) is 11.8 Å². The Morgan fingerprint density at radius 1 is 1.48 bits per heavy atom. The third-order valence-electron chi connectivity index (χ3n) is 4.19. The number of nitrogens with one attached hydrogen (secondary N) is 1. The molecular formula is C15H25N3O3. The Hall–Kier alpha value is -1.56. The van der Waals surface area contributed by atoms with Gasteiger partial charge in [0.05, 0.1) is 30.4 Å². The Bertz CT molecular complexity index is 505. The summed E-state index contributed by atoms with van der Waals surface area (Å²) in [7, 11) is 3.42. The van der Waals surface area contributed by atoms with Crippen molar-refractivity contribution in [1.29, 1.82) is 0 Å². The van der Waals surface area contributed by atoms with Crippen LogP contribution in [0.15, 0.2) is 0 Å². The molecule has 1 aromatic rings. The maximum absolute atomic E-state index is 12.0. The van der Waals surface area contributed by atoms with Gasteiger partial charge in [0.15, 0.2) is 0 Å². The van der Waals surface area contributed by atoms with Crippen LogP contribution in [0.3, 0.4) is 0 Å². The molecule has 0 radical (unpaired) electrons. The second kappa shape index (κ2) is 6.47. The predicted molar refractivity (Wildman–Crippen MR) is 79.0 cm³/mol. The molecule has 1 aromatic heterocycles. The van der Waals surface area contributed by atoms with Crippen LogP contribution in [0.25, 0.3) is 0 Å². The lowest BCUT2D eigenvalue weighted by atomic mass is 9.97. The van der Waals surface area contributed by atoms with Crippen LogP contribution in [0.2, 0.25) is 0 Å². The van der Waals surface area contributed by atoms with Crippen molar-refractivity contribution in [2.45, 2.75) is 57.6 Å². The summed E-state index contributed by atoms with van der Waals surface area (Å²) < 4.78 is 7.03. The lowest BCUT2D eigenvalue weighted by Gasteiger charge is -2.21. The van der Waals surface area contributed by atoms with Crippen LogP contribution in [0.1, 0.15) is 50.3 Å². The molecule has 0 saturated heterocycles. The predicted octanol–water partition coefficient (Wildman–Crippen LogP) is 1.30. The van der Waals surface area contributed by atoms with E-state index in [9.17, 15) is 9.90 Å². The van der Waals surface area contributed by atoms with Gasteiger partial charge in [0.25, 0.3) is 0 Å². The number of ether oxygens (including phenoxy) is 1. The minimum absolute atomic E-state index is 0.118. The van der Waals surface area contributed by atoms with E-state index >= 15 is 0 Å². The number of aryl methyl sites for hydroxylation is 2. The van der Waals surface area contributed by atoms with Crippen LogP contribution < -0.4 is 10.1 Å². The number of aliphatic hydroxyl groups is 1. The van der Waals surface area contributed by atoms with Crippen molar-refractivity contribution in [3.63, 3.8) is 0 Å². The monoisotopic (exact) mass is 295 g/mol. The van der Waals surface area contributed by atoms with Crippen molar-refractivity contribution < 1.29 is 14.6 Å². The molecule has 0 atom stereocenters. The number of hydrogen-bond acceptors (Lipinski definition) is 4. The van der Waals surface area contributed by atoms with Crippen molar-refractivity contribution in [2.75, 3.05) is 7.11 Å². The van der Waals surface area contributed by atoms with Crippen molar-refractivity contribution in [2.24, 2.45) is 7.05 Å². The highest BCUT2D eigenvalue weighted by molar-refractivity contribution is 5.77. The molecule has 1 fully saturated rings. The summed E-state index contributed by atoms with van der Waals surface area (Å²) in [4.78, 5) is 12.0. The highest BCUT2D eigenvalue weighted by Gasteiger charge is 2.33. The van der Waals surface area contributed by atoms with Gasteiger partial charge in [-0.2, -0.15) is 5.10 Å². The van der Waals surface area contributed by atoms with Gasteiger partial charge in [-0.1, -0.05) is 19.8 Å². The third kappa shape index (κ3) is 3.56. The van der Waals surface area contributed by atoms with Crippen molar-refractivity contribution in [3.05, 3.63) is 11.3 Å². The minimum Gasteiger partial charge on any atom is -0.481 e. The molecule has 0 aliphatic heterocycles. The van der Waals surface area contributed by atoms with Gasteiger partial charge in [-0.25, -0.2) is 4.68 Å². The smallest absolute Gasteiger partial charge is 0.223 e. The molecule has 1 saturated carbocycles. The van der Waals surface area contributed by atoms with Crippen molar-refractivity contribution in [1.82, 2.24) is 15.1 Å². The van der Waals surface area contributed by atoms with Crippen molar-refractivity contribution in [3.8, 4) is 5.88 Å². The first-order chi connectivity index (χ1) is 9.99. The first-order valence-electron chi connectivity index (χ1n) is 7.57. The molecule has 0 bridgehead atoms. The fourth-order valence-corrected chi connectivity index (χ4v) is 3.08. The molecule has 6 heteroatoms. The van der Waals surface area contributed by atoms with Gasteiger partial charge >= 0.3 is 0 Å². The summed E-state index contributed by atoms with van der Waals surface area (Å²) in [5.74, 6) is 0.555. The first kappa shape index (κ1) is 15.8. The van der Waals surface area contributed by atoms with E-state index in [1.807, 2.05) is 14.0 Å². The molecule has 0 unspecified atom stereocenters. The number of carbonyl (C=O) groups is 1. The van der Waals surface area contributed by atoms with Crippen LogP contribution in [-0.2, 0) is 24.8 Å². The Morgan fingerprint density at radius 2 is 2.14 bits per heavy atom. The maximum Gasteiger partial charge on any atom is 0.223 e. The SMILES string of the molecule is CCc1nn(C)c(OC)c1CNC(=O)CC1(O)CCCC1. The zero-order valence-electron chi connectivity index (χ0n) is 13.1.